The summed E-state index contributed by atoms with van der Waals surface area (Å²) in [5.41, 5.74) is 4.97. The molecule has 3 aliphatic heterocycles. The van der Waals surface area contributed by atoms with Crippen LogP contribution in [0.2, 0.25) is 0 Å². The summed E-state index contributed by atoms with van der Waals surface area (Å²) >= 11 is 0. The van der Waals surface area contributed by atoms with Gasteiger partial charge in [0.2, 0.25) is 5.91 Å². The molecule has 0 saturated carbocycles. The monoisotopic (exact) mass is 506 g/mol. The molecule has 0 spiro atoms. The van der Waals surface area contributed by atoms with Gasteiger partial charge in [-0.25, -0.2) is 4.98 Å². The van der Waals surface area contributed by atoms with Gasteiger partial charge in [0.1, 0.15) is 11.9 Å². The average Bonchev–Trinajstić information content (AvgIpc) is 3.69. The fourth-order valence-corrected chi connectivity index (χ4v) is 6.29. The predicted octanol–water partition coefficient (Wildman–Crippen LogP) is 3.08. The Morgan fingerprint density at radius 2 is 1.84 bits per heavy atom. The largest absolute Gasteiger partial charge is 0.378 e. The van der Waals surface area contributed by atoms with E-state index in [4.69, 9.17) is 14.5 Å². The summed E-state index contributed by atoms with van der Waals surface area (Å²) in [5.74, 6) is 1.26. The number of hydrogen-bond acceptors (Lipinski definition) is 6. The minimum absolute atomic E-state index is 0.0622. The fraction of sp³-hybridized carbons (Fsp3) is 0.621. The van der Waals surface area contributed by atoms with E-state index in [-0.39, 0.29) is 17.9 Å². The number of fused-ring (bicyclic) bond motifs is 2. The van der Waals surface area contributed by atoms with E-state index in [9.17, 15) is 9.59 Å². The zero-order valence-electron chi connectivity index (χ0n) is 21.8. The lowest BCUT2D eigenvalue weighted by Crippen LogP contribution is -2.41. The minimum atomic E-state index is -0.364. The number of benzene rings is 1. The number of amides is 2. The highest BCUT2D eigenvalue weighted by Gasteiger charge is 2.30. The second kappa shape index (κ2) is 11.0. The van der Waals surface area contributed by atoms with Gasteiger partial charge in [-0.2, -0.15) is 0 Å². The van der Waals surface area contributed by atoms with Gasteiger partial charge in [0, 0.05) is 63.2 Å². The summed E-state index contributed by atoms with van der Waals surface area (Å²) in [6.07, 6.45) is 7.16. The van der Waals surface area contributed by atoms with Crippen LogP contribution in [0.1, 0.15) is 55.2 Å². The maximum absolute atomic E-state index is 13.6. The first-order valence-electron chi connectivity index (χ1n) is 14.1. The van der Waals surface area contributed by atoms with Gasteiger partial charge in [0.25, 0.3) is 5.91 Å². The molecular weight excluding hydrogens is 468 g/mol. The smallest absolute Gasteiger partial charge is 0.252 e. The summed E-state index contributed by atoms with van der Waals surface area (Å²) in [6, 6.07) is 6.84. The van der Waals surface area contributed by atoms with Crippen molar-refractivity contribution in [3.8, 4) is 0 Å². The van der Waals surface area contributed by atoms with Crippen LogP contribution < -0.4 is 4.90 Å². The molecule has 1 atom stereocenters. The molecule has 6 rings (SSSR count). The molecule has 0 N–H and O–H groups in total. The zero-order valence-corrected chi connectivity index (χ0v) is 21.8. The number of morpholine rings is 1. The number of carbonyl (C=O) groups is 2. The number of aryl methyl sites for hydroxylation is 2. The van der Waals surface area contributed by atoms with Crippen molar-refractivity contribution >= 4 is 28.5 Å². The van der Waals surface area contributed by atoms with E-state index >= 15 is 0 Å². The molecule has 2 aromatic rings. The highest BCUT2D eigenvalue weighted by molar-refractivity contribution is 5.85. The molecule has 1 aromatic carbocycles. The van der Waals surface area contributed by atoms with Crippen molar-refractivity contribution < 1.29 is 19.1 Å². The van der Waals surface area contributed by atoms with Crippen LogP contribution in [-0.4, -0.2) is 85.2 Å². The van der Waals surface area contributed by atoms with Crippen LogP contribution in [0, 0.1) is 0 Å². The van der Waals surface area contributed by atoms with Gasteiger partial charge in [-0.1, -0.05) is 0 Å². The van der Waals surface area contributed by atoms with E-state index in [1.165, 1.54) is 17.5 Å². The maximum atomic E-state index is 13.6. The molecule has 2 amide bonds. The van der Waals surface area contributed by atoms with Gasteiger partial charge in [-0.15, -0.1) is 0 Å². The molecule has 1 aliphatic carbocycles. The van der Waals surface area contributed by atoms with E-state index in [1.807, 2.05) is 9.80 Å². The van der Waals surface area contributed by atoms with E-state index < -0.39 is 0 Å². The summed E-state index contributed by atoms with van der Waals surface area (Å²) in [5, 5.41) is 1.15. The highest BCUT2D eigenvalue weighted by Crippen LogP contribution is 2.31. The number of aromatic nitrogens is 1. The zero-order chi connectivity index (χ0) is 25.2. The van der Waals surface area contributed by atoms with Crippen LogP contribution in [0.4, 0.5) is 5.82 Å². The molecule has 198 valence electrons. The van der Waals surface area contributed by atoms with E-state index in [2.05, 4.69) is 23.1 Å². The summed E-state index contributed by atoms with van der Waals surface area (Å²) in [7, 11) is 0. The van der Waals surface area contributed by atoms with Crippen LogP contribution in [0.15, 0.2) is 18.2 Å². The maximum Gasteiger partial charge on any atom is 0.252 e. The third-order valence-corrected chi connectivity index (χ3v) is 8.30. The number of nitrogens with zero attached hydrogens (tertiary/aromatic N) is 4. The van der Waals surface area contributed by atoms with Crippen molar-refractivity contribution in [2.75, 3.05) is 57.4 Å². The first-order chi connectivity index (χ1) is 18.2. The van der Waals surface area contributed by atoms with Gasteiger partial charge in [0.15, 0.2) is 0 Å². The van der Waals surface area contributed by atoms with Crippen molar-refractivity contribution in [2.45, 2.75) is 64.0 Å². The van der Waals surface area contributed by atoms with Gasteiger partial charge >= 0.3 is 0 Å². The van der Waals surface area contributed by atoms with E-state index in [1.54, 1.807) is 0 Å². The van der Waals surface area contributed by atoms with Crippen molar-refractivity contribution in [2.24, 2.45) is 0 Å². The highest BCUT2D eigenvalue weighted by atomic mass is 16.5. The predicted molar refractivity (Wildman–Crippen MR) is 142 cm³/mol. The number of pyridine rings is 1. The van der Waals surface area contributed by atoms with Gasteiger partial charge in [0.05, 0.1) is 18.7 Å². The molecule has 4 heterocycles. The first-order valence-corrected chi connectivity index (χ1v) is 14.1. The molecule has 0 radical (unpaired) electrons. The van der Waals surface area contributed by atoms with Gasteiger partial charge < -0.3 is 24.2 Å². The summed E-state index contributed by atoms with van der Waals surface area (Å²) in [4.78, 5) is 37.1. The number of carbonyl (C=O) groups excluding carboxylic acids is 2. The van der Waals surface area contributed by atoms with E-state index in [0.717, 1.165) is 80.4 Å². The third-order valence-electron chi connectivity index (χ3n) is 8.30. The van der Waals surface area contributed by atoms with Crippen LogP contribution in [0.25, 0.3) is 10.9 Å². The van der Waals surface area contributed by atoms with Crippen molar-refractivity contribution in [1.29, 1.82) is 0 Å². The summed E-state index contributed by atoms with van der Waals surface area (Å²) < 4.78 is 11.4. The fourth-order valence-electron chi connectivity index (χ4n) is 6.29. The summed E-state index contributed by atoms with van der Waals surface area (Å²) in [6.45, 7) is 6.25. The minimum Gasteiger partial charge on any atom is -0.378 e. The Balaban J connectivity index is 1.30. The number of ether oxygens (including phenoxy) is 2. The molecule has 8 heteroatoms. The standard InChI is InChI=1S/C29H38N4O4/c34-27-8-2-9-31(27)10-4-11-33(29(35)26-7-3-14-37-26)20-24-18-23-17-21-5-1-6-22(21)19-25(23)30-28(24)32-12-15-36-16-13-32/h17-19,26H,1-16,20H2. The van der Waals surface area contributed by atoms with Crippen LogP contribution in [0.3, 0.4) is 0 Å². The quantitative estimate of drug-likeness (QED) is 0.548. The van der Waals surface area contributed by atoms with Crippen molar-refractivity contribution in [3.05, 3.63) is 34.9 Å². The Hall–Kier alpha value is -2.71. The Bertz CT molecular complexity index is 1160. The van der Waals surface area contributed by atoms with Gasteiger partial charge in [-0.3, -0.25) is 9.59 Å². The number of likely N-dealkylation sites (tertiary alicyclic amines) is 1. The molecule has 1 aromatic heterocycles. The molecule has 3 fully saturated rings. The third kappa shape index (κ3) is 5.32. The normalized spacial score (nSPS) is 21.7. The Morgan fingerprint density at radius 3 is 2.59 bits per heavy atom. The number of rotatable bonds is 8. The van der Waals surface area contributed by atoms with Crippen molar-refractivity contribution in [1.82, 2.24) is 14.8 Å². The Kier molecular flexibility index (Phi) is 7.29. The average molecular weight is 507 g/mol. The molecule has 3 saturated heterocycles. The second-order valence-electron chi connectivity index (χ2n) is 10.8. The molecular formula is C29H38N4O4. The van der Waals surface area contributed by atoms with Crippen LogP contribution in [0.5, 0.6) is 0 Å². The lowest BCUT2D eigenvalue weighted by atomic mass is 10.0. The lowest BCUT2D eigenvalue weighted by molar-refractivity contribution is -0.141. The number of anilines is 1. The first kappa shape index (κ1) is 24.6. The second-order valence-corrected chi connectivity index (χ2v) is 10.8. The number of hydrogen-bond donors (Lipinski definition) is 0. The topological polar surface area (TPSA) is 75.2 Å². The Labute approximate surface area is 218 Å². The van der Waals surface area contributed by atoms with Crippen molar-refractivity contribution in [3.63, 3.8) is 0 Å². The molecule has 0 bridgehead atoms. The SMILES string of the molecule is O=C1CCCN1CCCN(Cc1cc2cc3c(cc2nc1N1CCOCC1)CCC3)C(=O)C1CCCO1. The molecule has 8 nitrogen and oxygen atoms in total. The molecule has 37 heavy (non-hydrogen) atoms. The van der Waals surface area contributed by atoms with Gasteiger partial charge in [-0.05, 0) is 74.3 Å². The molecule has 1 unspecified atom stereocenters. The van der Waals surface area contributed by atoms with Crippen LogP contribution in [-0.2, 0) is 38.4 Å². The van der Waals surface area contributed by atoms with E-state index in [0.29, 0.717) is 45.9 Å². The lowest BCUT2D eigenvalue weighted by Gasteiger charge is -2.32. The Morgan fingerprint density at radius 1 is 1.00 bits per heavy atom. The molecule has 4 aliphatic rings. The van der Waals surface area contributed by atoms with Crippen LogP contribution >= 0.6 is 0 Å².